The third-order valence-electron chi connectivity index (χ3n) is 5.80. The zero-order chi connectivity index (χ0) is 19.2. The lowest BCUT2D eigenvalue weighted by Crippen LogP contribution is -2.45. The van der Waals surface area contributed by atoms with Crippen LogP contribution in [0.3, 0.4) is 0 Å². The average Bonchev–Trinajstić information content (AvgIpc) is 3.16. The lowest BCUT2D eigenvalue weighted by molar-refractivity contribution is -0.125. The summed E-state index contributed by atoms with van der Waals surface area (Å²) in [7, 11) is 0. The number of para-hydroxylation sites is 1. The van der Waals surface area contributed by atoms with Crippen LogP contribution in [0.15, 0.2) is 42.5 Å². The van der Waals surface area contributed by atoms with Gasteiger partial charge in [-0.05, 0) is 48.7 Å². The highest BCUT2D eigenvalue weighted by Crippen LogP contribution is 2.47. The standard InChI is InChI=1S/C21H22FN3O2/c1-14-15(5-4-7-17(14)22)11-24-10-9-21(13-24)16-6-2-3-8-18(16)25(20(21)27)12-19(23)26/h2-8H,9-13H2,1H3,(H2,23,26). The van der Waals surface area contributed by atoms with E-state index in [0.717, 1.165) is 23.4 Å². The number of hydrogen-bond acceptors (Lipinski definition) is 3. The van der Waals surface area contributed by atoms with E-state index in [1.54, 1.807) is 13.0 Å². The van der Waals surface area contributed by atoms with Crippen molar-refractivity contribution in [1.29, 1.82) is 0 Å². The van der Waals surface area contributed by atoms with Gasteiger partial charge in [-0.15, -0.1) is 0 Å². The highest BCUT2D eigenvalue weighted by molar-refractivity contribution is 6.11. The van der Waals surface area contributed by atoms with Crippen LogP contribution in [0.2, 0.25) is 0 Å². The first-order valence-electron chi connectivity index (χ1n) is 9.08. The van der Waals surface area contributed by atoms with E-state index in [9.17, 15) is 14.0 Å². The summed E-state index contributed by atoms with van der Waals surface area (Å²) in [5.41, 5.74) is 8.00. The molecule has 0 radical (unpaired) electrons. The Labute approximate surface area is 157 Å². The van der Waals surface area contributed by atoms with Crippen molar-refractivity contribution in [2.24, 2.45) is 5.73 Å². The quantitative estimate of drug-likeness (QED) is 0.900. The zero-order valence-corrected chi connectivity index (χ0v) is 15.2. The fourth-order valence-electron chi connectivity index (χ4n) is 4.39. The number of carbonyl (C=O) groups excluding carboxylic acids is 2. The number of fused-ring (bicyclic) bond motifs is 2. The molecule has 2 amide bonds. The van der Waals surface area contributed by atoms with Gasteiger partial charge in [-0.2, -0.15) is 0 Å². The van der Waals surface area contributed by atoms with Crippen LogP contribution in [-0.2, 0) is 21.5 Å². The molecular formula is C21H22FN3O2. The molecule has 0 aromatic heterocycles. The van der Waals surface area contributed by atoms with Gasteiger partial charge in [-0.3, -0.25) is 14.5 Å². The topological polar surface area (TPSA) is 66.6 Å². The van der Waals surface area contributed by atoms with Gasteiger partial charge in [0.15, 0.2) is 0 Å². The van der Waals surface area contributed by atoms with Crippen LogP contribution in [0, 0.1) is 12.7 Å². The summed E-state index contributed by atoms with van der Waals surface area (Å²) >= 11 is 0. The predicted octanol–water partition coefficient (Wildman–Crippen LogP) is 2.11. The summed E-state index contributed by atoms with van der Waals surface area (Å²) in [6.07, 6.45) is 0.673. The summed E-state index contributed by atoms with van der Waals surface area (Å²) in [6, 6.07) is 12.7. The third kappa shape index (κ3) is 2.80. The van der Waals surface area contributed by atoms with Gasteiger partial charge in [0.25, 0.3) is 0 Å². The van der Waals surface area contributed by atoms with Crippen LogP contribution in [0.25, 0.3) is 0 Å². The minimum Gasteiger partial charge on any atom is -0.368 e. The second-order valence-electron chi connectivity index (χ2n) is 7.44. The monoisotopic (exact) mass is 367 g/mol. The number of rotatable bonds is 4. The number of benzene rings is 2. The lowest BCUT2D eigenvalue weighted by atomic mass is 9.81. The minimum atomic E-state index is -0.659. The maximum Gasteiger partial charge on any atom is 0.239 e. The number of hydrogen-bond donors (Lipinski definition) is 1. The molecule has 1 unspecified atom stereocenters. The Hall–Kier alpha value is -2.73. The van der Waals surface area contributed by atoms with Crippen molar-refractivity contribution in [2.75, 3.05) is 24.5 Å². The Balaban J connectivity index is 1.63. The minimum absolute atomic E-state index is 0.0686. The smallest absolute Gasteiger partial charge is 0.239 e. The first kappa shape index (κ1) is 17.7. The zero-order valence-electron chi connectivity index (χ0n) is 15.2. The molecular weight excluding hydrogens is 345 g/mol. The van der Waals surface area contributed by atoms with Gasteiger partial charge in [0.05, 0.1) is 5.41 Å². The van der Waals surface area contributed by atoms with Crippen molar-refractivity contribution < 1.29 is 14.0 Å². The number of anilines is 1. The molecule has 5 nitrogen and oxygen atoms in total. The van der Waals surface area contributed by atoms with Crippen molar-refractivity contribution in [2.45, 2.75) is 25.3 Å². The molecule has 2 aliphatic heterocycles. The molecule has 4 rings (SSSR count). The molecule has 6 heteroatoms. The highest BCUT2D eigenvalue weighted by atomic mass is 19.1. The molecule has 0 aliphatic carbocycles. The summed E-state index contributed by atoms with van der Waals surface area (Å²) < 4.78 is 13.9. The van der Waals surface area contributed by atoms with Gasteiger partial charge in [-0.25, -0.2) is 4.39 Å². The molecule has 2 N–H and O–H groups in total. The maximum absolute atomic E-state index is 13.9. The van der Waals surface area contributed by atoms with Crippen LogP contribution >= 0.6 is 0 Å². The van der Waals surface area contributed by atoms with E-state index in [1.807, 2.05) is 30.3 Å². The second-order valence-corrected chi connectivity index (χ2v) is 7.44. The van der Waals surface area contributed by atoms with Gasteiger partial charge in [0, 0.05) is 18.8 Å². The van der Waals surface area contributed by atoms with Crippen LogP contribution in [0.4, 0.5) is 10.1 Å². The number of nitrogens with two attached hydrogens (primary N) is 1. The number of carbonyl (C=O) groups is 2. The summed E-state index contributed by atoms with van der Waals surface area (Å²) in [5.74, 6) is -0.808. The SMILES string of the molecule is Cc1c(F)cccc1CN1CCC2(C1)C(=O)N(CC(N)=O)c1ccccc12. The molecule has 0 saturated carbocycles. The van der Waals surface area contributed by atoms with Crippen molar-refractivity contribution in [3.8, 4) is 0 Å². The number of amides is 2. The molecule has 140 valence electrons. The number of likely N-dealkylation sites (tertiary alicyclic amines) is 1. The van der Waals surface area contributed by atoms with E-state index < -0.39 is 11.3 Å². The first-order valence-corrected chi connectivity index (χ1v) is 9.08. The summed E-state index contributed by atoms with van der Waals surface area (Å²) in [5, 5.41) is 0. The predicted molar refractivity (Wildman–Crippen MR) is 101 cm³/mol. The molecule has 2 heterocycles. The van der Waals surface area contributed by atoms with Gasteiger partial charge in [-0.1, -0.05) is 30.3 Å². The largest absolute Gasteiger partial charge is 0.368 e. The van der Waals surface area contributed by atoms with Gasteiger partial charge in [0.2, 0.25) is 11.8 Å². The van der Waals surface area contributed by atoms with E-state index in [2.05, 4.69) is 4.90 Å². The first-order chi connectivity index (χ1) is 12.9. The normalized spacial score (nSPS) is 21.9. The second kappa shape index (κ2) is 6.46. The molecule has 2 aromatic carbocycles. The average molecular weight is 367 g/mol. The fourth-order valence-corrected chi connectivity index (χ4v) is 4.39. The van der Waals surface area contributed by atoms with Gasteiger partial charge >= 0.3 is 0 Å². The molecule has 1 fully saturated rings. The molecule has 2 aromatic rings. The van der Waals surface area contributed by atoms with Crippen LogP contribution in [0.1, 0.15) is 23.1 Å². The van der Waals surface area contributed by atoms with Crippen LogP contribution in [0.5, 0.6) is 0 Å². The summed E-state index contributed by atoms with van der Waals surface area (Å²) in [6.45, 7) is 3.55. The van der Waals surface area contributed by atoms with Crippen molar-refractivity contribution >= 4 is 17.5 Å². The number of nitrogens with zero attached hydrogens (tertiary/aromatic N) is 2. The third-order valence-corrected chi connectivity index (χ3v) is 5.80. The van der Waals surface area contributed by atoms with Crippen molar-refractivity contribution in [3.63, 3.8) is 0 Å². The van der Waals surface area contributed by atoms with E-state index in [0.29, 0.717) is 25.1 Å². The molecule has 0 bridgehead atoms. The fraction of sp³-hybridized carbons (Fsp3) is 0.333. The Morgan fingerprint density at radius 3 is 2.78 bits per heavy atom. The van der Waals surface area contributed by atoms with Crippen LogP contribution < -0.4 is 10.6 Å². The van der Waals surface area contributed by atoms with Crippen molar-refractivity contribution in [3.05, 3.63) is 65.0 Å². The molecule has 1 spiro atoms. The Morgan fingerprint density at radius 2 is 2.00 bits per heavy atom. The molecule has 1 atom stereocenters. The maximum atomic E-state index is 13.9. The van der Waals surface area contributed by atoms with E-state index in [-0.39, 0.29) is 18.3 Å². The Bertz CT molecular complexity index is 929. The highest BCUT2D eigenvalue weighted by Gasteiger charge is 2.54. The van der Waals surface area contributed by atoms with E-state index in [4.69, 9.17) is 5.73 Å². The van der Waals surface area contributed by atoms with E-state index >= 15 is 0 Å². The van der Waals surface area contributed by atoms with Crippen molar-refractivity contribution in [1.82, 2.24) is 4.90 Å². The van der Waals surface area contributed by atoms with Gasteiger partial charge < -0.3 is 10.6 Å². The lowest BCUT2D eigenvalue weighted by Gasteiger charge is -2.24. The number of primary amides is 1. The summed E-state index contributed by atoms with van der Waals surface area (Å²) in [4.78, 5) is 28.4. The van der Waals surface area contributed by atoms with Crippen LogP contribution in [-0.4, -0.2) is 36.3 Å². The van der Waals surface area contributed by atoms with Gasteiger partial charge in [0.1, 0.15) is 12.4 Å². The molecule has 27 heavy (non-hydrogen) atoms. The number of halogens is 1. The Morgan fingerprint density at radius 1 is 1.22 bits per heavy atom. The molecule has 2 aliphatic rings. The molecule has 1 saturated heterocycles. The van der Waals surface area contributed by atoms with E-state index in [1.165, 1.54) is 11.0 Å². The Kier molecular flexibility index (Phi) is 4.23.